The highest BCUT2D eigenvalue weighted by molar-refractivity contribution is 7.98. The van der Waals surface area contributed by atoms with Crippen LogP contribution in [-0.2, 0) is 25.1 Å². The van der Waals surface area contributed by atoms with Crippen LogP contribution in [0.3, 0.4) is 0 Å². The largest absolute Gasteiger partial charge is 0.467 e. The first-order chi connectivity index (χ1) is 12.7. The molecule has 0 bridgehead atoms. The van der Waals surface area contributed by atoms with Gasteiger partial charge >= 0.3 is 5.69 Å². The molecule has 0 aliphatic heterocycles. The second-order valence-electron chi connectivity index (χ2n) is 6.38. The minimum atomic E-state index is -0.266. The van der Waals surface area contributed by atoms with Crippen LogP contribution in [-0.4, -0.2) is 9.55 Å². The molecule has 0 N–H and O–H groups in total. The zero-order chi connectivity index (χ0) is 17.9. The van der Waals surface area contributed by atoms with Crippen LogP contribution in [0.4, 0.5) is 4.39 Å². The van der Waals surface area contributed by atoms with Crippen molar-refractivity contribution in [2.45, 2.75) is 43.0 Å². The summed E-state index contributed by atoms with van der Waals surface area (Å²) in [7, 11) is 0. The molecule has 4 rings (SSSR count). The molecular formula is C20H19FN2O2S. The number of benzene rings is 1. The van der Waals surface area contributed by atoms with E-state index in [0.29, 0.717) is 17.9 Å². The van der Waals surface area contributed by atoms with Gasteiger partial charge in [-0.1, -0.05) is 18.2 Å². The summed E-state index contributed by atoms with van der Waals surface area (Å²) in [6.07, 6.45) is 5.52. The van der Waals surface area contributed by atoms with Crippen LogP contribution in [0.25, 0.3) is 0 Å². The van der Waals surface area contributed by atoms with Crippen LogP contribution in [0.1, 0.15) is 35.4 Å². The fourth-order valence-electron chi connectivity index (χ4n) is 3.35. The molecule has 4 nitrogen and oxygen atoms in total. The zero-order valence-electron chi connectivity index (χ0n) is 14.3. The lowest BCUT2D eigenvalue weighted by Crippen LogP contribution is -2.30. The highest BCUT2D eigenvalue weighted by Gasteiger charge is 2.21. The topological polar surface area (TPSA) is 48.0 Å². The van der Waals surface area contributed by atoms with Gasteiger partial charge in [-0.2, -0.15) is 4.98 Å². The molecule has 0 amide bonds. The molecule has 2 aromatic heterocycles. The number of thioether (sulfide) groups is 1. The quantitative estimate of drug-likeness (QED) is 0.499. The fourth-order valence-corrected chi connectivity index (χ4v) is 4.41. The Bertz CT molecular complexity index is 966. The minimum absolute atomic E-state index is 0.222. The van der Waals surface area contributed by atoms with Gasteiger partial charge in [-0.3, -0.25) is 4.57 Å². The SMILES string of the molecule is O=c1nc(SCc2ccccc2F)c2c(n1Cc1ccco1)CCCC2. The Morgan fingerprint density at radius 1 is 1.15 bits per heavy atom. The molecule has 0 atom stereocenters. The Kier molecular flexibility index (Phi) is 4.93. The first-order valence-corrected chi connectivity index (χ1v) is 9.72. The monoisotopic (exact) mass is 370 g/mol. The predicted octanol–water partition coefficient (Wildman–Crippen LogP) is 4.19. The van der Waals surface area contributed by atoms with Gasteiger partial charge in [0.2, 0.25) is 0 Å². The maximum absolute atomic E-state index is 13.9. The highest BCUT2D eigenvalue weighted by Crippen LogP contribution is 2.31. The Morgan fingerprint density at radius 2 is 2.00 bits per heavy atom. The van der Waals surface area contributed by atoms with Crippen LogP contribution in [0.5, 0.6) is 0 Å². The van der Waals surface area contributed by atoms with Crippen molar-refractivity contribution < 1.29 is 8.81 Å². The Morgan fingerprint density at radius 3 is 2.81 bits per heavy atom. The molecule has 1 aromatic carbocycles. The number of fused-ring (bicyclic) bond motifs is 1. The van der Waals surface area contributed by atoms with Gasteiger partial charge in [0.15, 0.2) is 0 Å². The van der Waals surface area contributed by atoms with Gasteiger partial charge in [-0.25, -0.2) is 9.18 Å². The summed E-state index contributed by atoms with van der Waals surface area (Å²) in [5.41, 5.74) is 2.54. The molecule has 2 heterocycles. The van der Waals surface area contributed by atoms with Gasteiger partial charge in [0, 0.05) is 17.0 Å². The lowest BCUT2D eigenvalue weighted by molar-refractivity contribution is 0.471. The molecule has 0 unspecified atom stereocenters. The predicted molar refractivity (Wildman–Crippen MR) is 98.9 cm³/mol. The lowest BCUT2D eigenvalue weighted by Gasteiger charge is -2.22. The molecule has 3 aromatic rings. The van der Waals surface area contributed by atoms with E-state index in [1.165, 1.54) is 17.8 Å². The molecule has 0 radical (unpaired) electrons. The van der Waals surface area contributed by atoms with E-state index < -0.39 is 0 Å². The fraction of sp³-hybridized carbons (Fsp3) is 0.300. The van der Waals surface area contributed by atoms with E-state index in [1.807, 2.05) is 18.2 Å². The Hall–Kier alpha value is -2.34. The van der Waals surface area contributed by atoms with Crippen LogP contribution < -0.4 is 5.69 Å². The van der Waals surface area contributed by atoms with Gasteiger partial charge in [-0.05, 0) is 49.4 Å². The third-order valence-electron chi connectivity index (χ3n) is 4.67. The molecule has 0 fully saturated rings. The Balaban J connectivity index is 1.66. The number of aromatic nitrogens is 2. The first kappa shape index (κ1) is 17.1. The second kappa shape index (κ2) is 7.50. The summed E-state index contributed by atoms with van der Waals surface area (Å²) in [6.45, 7) is 0.402. The molecule has 26 heavy (non-hydrogen) atoms. The molecule has 0 saturated heterocycles. The Labute approximate surface area is 155 Å². The standard InChI is InChI=1S/C20H19FN2O2S/c21-17-9-3-1-6-14(17)13-26-19-16-8-2-4-10-18(16)23(20(24)22-19)12-15-7-5-11-25-15/h1,3,5-7,9,11H,2,4,8,10,12-13H2. The van der Waals surface area contributed by atoms with Crippen LogP contribution in [0, 0.1) is 5.82 Å². The zero-order valence-corrected chi connectivity index (χ0v) is 15.1. The van der Waals surface area contributed by atoms with Crippen LogP contribution in [0.2, 0.25) is 0 Å². The number of rotatable bonds is 5. The van der Waals surface area contributed by atoms with Gasteiger partial charge in [0.1, 0.15) is 16.6 Å². The van der Waals surface area contributed by atoms with Crippen LogP contribution >= 0.6 is 11.8 Å². The first-order valence-electron chi connectivity index (χ1n) is 8.73. The number of furan rings is 1. The lowest BCUT2D eigenvalue weighted by atomic mass is 9.97. The van der Waals surface area contributed by atoms with E-state index >= 15 is 0 Å². The number of hydrogen-bond acceptors (Lipinski definition) is 4. The third-order valence-corrected chi connectivity index (χ3v) is 5.73. The smallest absolute Gasteiger partial charge is 0.349 e. The van der Waals surface area contributed by atoms with Crippen molar-refractivity contribution in [3.8, 4) is 0 Å². The van der Waals surface area contributed by atoms with Gasteiger partial charge in [0.05, 0.1) is 12.8 Å². The number of nitrogens with zero attached hydrogens (tertiary/aromatic N) is 2. The van der Waals surface area contributed by atoms with Gasteiger partial charge in [0.25, 0.3) is 0 Å². The van der Waals surface area contributed by atoms with Crippen molar-refractivity contribution in [2.75, 3.05) is 0 Å². The minimum Gasteiger partial charge on any atom is -0.467 e. The van der Waals surface area contributed by atoms with E-state index in [9.17, 15) is 9.18 Å². The van der Waals surface area contributed by atoms with Gasteiger partial charge in [-0.15, -0.1) is 11.8 Å². The average Bonchev–Trinajstić information content (AvgIpc) is 3.17. The summed E-state index contributed by atoms with van der Waals surface area (Å²) in [6, 6.07) is 10.4. The molecule has 1 aliphatic rings. The second-order valence-corrected chi connectivity index (χ2v) is 7.34. The van der Waals surface area contributed by atoms with E-state index in [-0.39, 0.29) is 11.5 Å². The van der Waals surface area contributed by atoms with Crippen molar-refractivity contribution in [1.82, 2.24) is 9.55 Å². The number of hydrogen-bond donors (Lipinski definition) is 0. The van der Waals surface area contributed by atoms with Gasteiger partial charge < -0.3 is 4.42 Å². The average molecular weight is 370 g/mol. The van der Waals surface area contributed by atoms with E-state index in [2.05, 4.69) is 4.98 Å². The molecule has 0 spiro atoms. The summed E-state index contributed by atoms with van der Waals surface area (Å²) in [4.78, 5) is 17.0. The van der Waals surface area contributed by atoms with Crippen molar-refractivity contribution in [2.24, 2.45) is 0 Å². The van der Waals surface area contributed by atoms with Crippen LogP contribution in [0.15, 0.2) is 56.9 Å². The molecule has 6 heteroatoms. The molecular weight excluding hydrogens is 351 g/mol. The van der Waals surface area contributed by atoms with E-state index in [1.54, 1.807) is 23.0 Å². The summed E-state index contributed by atoms with van der Waals surface area (Å²) in [5, 5.41) is 0.739. The number of halogens is 1. The molecule has 0 saturated carbocycles. The molecule has 1 aliphatic carbocycles. The van der Waals surface area contributed by atoms with E-state index in [4.69, 9.17) is 4.42 Å². The summed E-state index contributed by atoms with van der Waals surface area (Å²) in [5.74, 6) is 0.988. The van der Waals surface area contributed by atoms with Crippen molar-refractivity contribution in [3.05, 3.63) is 81.5 Å². The maximum atomic E-state index is 13.9. The molecule has 134 valence electrons. The maximum Gasteiger partial charge on any atom is 0.349 e. The van der Waals surface area contributed by atoms with Crippen molar-refractivity contribution in [3.63, 3.8) is 0 Å². The normalized spacial score (nSPS) is 13.6. The van der Waals surface area contributed by atoms with Crippen molar-refractivity contribution >= 4 is 11.8 Å². The highest BCUT2D eigenvalue weighted by atomic mass is 32.2. The third kappa shape index (κ3) is 3.46. The summed E-state index contributed by atoms with van der Waals surface area (Å²) < 4.78 is 21.0. The van der Waals surface area contributed by atoms with E-state index in [0.717, 1.165) is 47.7 Å². The van der Waals surface area contributed by atoms with Crippen molar-refractivity contribution in [1.29, 1.82) is 0 Å². The summed E-state index contributed by atoms with van der Waals surface area (Å²) >= 11 is 1.45.